The molecule has 0 aromatic heterocycles. The van der Waals surface area contributed by atoms with E-state index in [-0.39, 0.29) is 16.9 Å². The lowest BCUT2D eigenvalue weighted by atomic mass is 9.55. The third-order valence-electron chi connectivity index (χ3n) is 6.30. The summed E-state index contributed by atoms with van der Waals surface area (Å²) in [6.45, 7) is 2.11. The van der Waals surface area contributed by atoms with Crippen molar-refractivity contribution in [2.45, 2.75) is 44.9 Å². The minimum Gasteiger partial charge on any atom is -0.508 e. The van der Waals surface area contributed by atoms with E-state index in [9.17, 15) is 14.7 Å². The zero-order chi connectivity index (χ0) is 14.8. The van der Waals surface area contributed by atoms with Crippen molar-refractivity contribution in [3.05, 3.63) is 29.3 Å². The highest BCUT2D eigenvalue weighted by Crippen LogP contribution is 2.59. The van der Waals surface area contributed by atoms with Crippen molar-refractivity contribution >= 4 is 11.6 Å². The molecule has 110 valence electrons. The highest BCUT2D eigenvalue weighted by molar-refractivity contribution is 5.99. The molecule has 1 aromatic rings. The standard InChI is InChI=1S/C18H20O3/c1-18-7-6-12-11-3-2-10(19)8-14(11)16(20)9-13(12)15(18)4-5-17(18)21/h2-3,8,12-13,15,19H,4-7,9H2,1H3/t12?,13?,15?,18-/m0/s1. The number of hydrogen-bond acceptors (Lipinski definition) is 3. The Bertz CT molecular complexity index is 648. The molecule has 0 aliphatic heterocycles. The summed E-state index contributed by atoms with van der Waals surface area (Å²) >= 11 is 0. The SMILES string of the molecule is C[C@]12CCC3c4ccc(O)cc4C(=O)CC3C1CCC2=O. The molecule has 3 aliphatic rings. The Labute approximate surface area is 124 Å². The Morgan fingerprint density at radius 2 is 2.05 bits per heavy atom. The number of hydrogen-bond donors (Lipinski definition) is 1. The van der Waals surface area contributed by atoms with Gasteiger partial charge in [0.25, 0.3) is 0 Å². The molecule has 3 nitrogen and oxygen atoms in total. The Morgan fingerprint density at radius 1 is 1.24 bits per heavy atom. The van der Waals surface area contributed by atoms with Crippen LogP contribution in [0.5, 0.6) is 5.75 Å². The van der Waals surface area contributed by atoms with Crippen LogP contribution in [0.2, 0.25) is 0 Å². The number of Topliss-reactive ketones (excluding diaryl/α,β-unsaturated/α-hetero) is 2. The summed E-state index contributed by atoms with van der Waals surface area (Å²) in [6, 6.07) is 5.21. The van der Waals surface area contributed by atoms with Gasteiger partial charge in [-0.2, -0.15) is 0 Å². The molecule has 0 amide bonds. The van der Waals surface area contributed by atoms with Crippen LogP contribution >= 0.6 is 0 Å². The van der Waals surface area contributed by atoms with Gasteiger partial charge in [0.1, 0.15) is 11.5 Å². The second-order valence-corrected chi connectivity index (χ2v) is 7.19. The first-order valence-electron chi connectivity index (χ1n) is 7.90. The summed E-state index contributed by atoms with van der Waals surface area (Å²) in [7, 11) is 0. The van der Waals surface area contributed by atoms with Crippen molar-refractivity contribution < 1.29 is 14.7 Å². The maximum absolute atomic E-state index is 12.5. The number of phenolic OH excluding ortho intramolecular Hbond substituents is 1. The average Bonchev–Trinajstić information content (AvgIpc) is 2.76. The maximum atomic E-state index is 12.5. The molecule has 3 heteroatoms. The lowest BCUT2D eigenvalue weighted by molar-refractivity contribution is -0.129. The molecule has 0 saturated heterocycles. The zero-order valence-electron chi connectivity index (χ0n) is 12.3. The summed E-state index contributed by atoms with van der Waals surface area (Å²) in [4.78, 5) is 24.7. The van der Waals surface area contributed by atoms with Gasteiger partial charge in [0, 0.05) is 23.8 Å². The molecule has 2 saturated carbocycles. The van der Waals surface area contributed by atoms with Gasteiger partial charge in [-0.3, -0.25) is 9.59 Å². The van der Waals surface area contributed by atoms with Crippen LogP contribution in [0, 0.1) is 17.3 Å². The molecule has 0 heterocycles. The molecule has 0 bridgehead atoms. The zero-order valence-corrected chi connectivity index (χ0v) is 12.3. The lowest BCUT2D eigenvalue weighted by Crippen LogP contribution is -2.43. The predicted molar refractivity (Wildman–Crippen MR) is 78.4 cm³/mol. The van der Waals surface area contributed by atoms with Gasteiger partial charge in [-0.1, -0.05) is 13.0 Å². The Kier molecular flexibility index (Phi) is 2.60. The fourth-order valence-corrected chi connectivity index (χ4v) is 5.16. The Hall–Kier alpha value is -1.64. The van der Waals surface area contributed by atoms with Crippen LogP contribution in [0.25, 0.3) is 0 Å². The first-order chi connectivity index (χ1) is 10.0. The van der Waals surface area contributed by atoms with Crippen LogP contribution in [-0.4, -0.2) is 16.7 Å². The highest BCUT2D eigenvalue weighted by Gasteiger charge is 2.55. The first kappa shape index (κ1) is 13.1. The Morgan fingerprint density at radius 3 is 2.86 bits per heavy atom. The number of rotatable bonds is 0. The van der Waals surface area contributed by atoms with Crippen LogP contribution < -0.4 is 0 Å². The monoisotopic (exact) mass is 284 g/mol. The number of fused-ring (bicyclic) bond motifs is 5. The third-order valence-corrected chi connectivity index (χ3v) is 6.30. The van der Waals surface area contributed by atoms with E-state index in [2.05, 4.69) is 6.92 Å². The second kappa shape index (κ2) is 4.19. The van der Waals surface area contributed by atoms with Crippen molar-refractivity contribution in [2.75, 3.05) is 0 Å². The molecule has 21 heavy (non-hydrogen) atoms. The molecule has 3 unspecified atom stereocenters. The number of carbonyl (C=O) groups is 2. The number of aromatic hydroxyl groups is 1. The van der Waals surface area contributed by atoms with E-state index < -0.39 is 0 Å². The smallest absolute Gasteiger partial charge is 0.163 e. The van der Waals surface area contributed by atoms with Crippen molar-refractivity contribution in [2.24, 2.45) is 17.3 Å². The third kappa shape index (κ3) is 1.66. The molecule has 4 atom stereocenters. The number of benzene rings is 1. The van der Waals surface area contributed by atoms with Gasteiger partial charge in [-0.05, 0) is 54.7 Å². The van der Waals surface area contributed by atoms with E-state index in [1.807, 2.05) is 6.07 Å². The maximum Gasteiger partial charge on any atom is 0.163 e. The number of ketones is 2. The molecule has 1 N–H and O–H groups in total. The normalized spacial score (nSPS) is 37.9. The largest absolute Gasteiger partial charge is 0.508 e. The summed E-state index contributed by atoms with van der Waals surface area (Å²) in [5.74, 6) is 1.73. The van der Waals surface area contributed by atoms with Crippen molar-refractivity contribution in [1.82, 2.24) is 0 Å². The van der Waals surface area contributed by atoms with Gasteiger partial charge in [0.05, 0.1) is 0 Å². The summed E-state index contributed by atoms with van der Waals surface area (Å²) in [5.41, 5.74) is 1.59. The molecule has 3 aliphatic carbocycles. The molecular formula is C18H20O3. The van der Waals surface area contributed by atoms with E-state index in [1.165, 1.54) is 0 Å². The topological polar surface area (TPSA) is 54.4 Å². The van der Waals surface area contributed by atoms with E-state index in [1.54, 1.807) is 12.1 Å². The van der Waals surface area contributed by atoms with Crippen LogP contribution in [-0.2, 0) is 4.79 Å². The quantitative estimate of drug-likeness (QED) is 0.793. The van der Waals surface area contributed by atoms with Gasteiger partial charge >= 0.3 is 0 Å². The molecule has 2 fully saturated rings. The fraction of sp³-hybridized carbons (Fsp3) is 0.556. The van der Waals surface area contributed by atoms with Crippen molar-refractivity contribution in [1.29, 1.82) is 0 Å². The summed E-state index contributed by atoms with van der Waals surface area (Å²) < 4.78 is 0. The van der Waals surface area contributed by atoms with Gasteiger partial charge in [-0.25, -0.2) is 0 Å². The van der Waals surface area contributed by atoms with E-state index in [4.69, 9.17) is 0 Å². The molecule has 1 aromatic carbocycles. The minimum atomic E-state index is -0.199. The van der Waals surface area contributed by atoms with Crippen LogP contribution in [0.1, 0.15) is 60.9 Å². The van der Waals surface area contributed by atoms with Gasteiger partial charge < -0.3 is 5.11 Å². The van der Waals surface area contributed by atoms with Crippen LogP contribution in [0.15, 0.2) is 18.2 Å². The molecule has 0 spiro atoms. The van der Waals surface area contributed by atoms with Gasteiger partial charge in [0.2, 0.25) is 0 Å². The summed E-state index contributed by atoms with van der Waals surface area (Å²) in [6.07, 6.45) is 4.08. The van der Waals surface area contributed by atoms with Crippen molar-refractivity contribution in [3.63, 3.8) is 0 Å². The van der Waals surface area contributed by atoms with Gasteiger partial charge in [-0.15, -0.1) is 0 Å². The molecular weight excluding hydrogens is 264 g/mol. The van der Waals surface area contributed by atoms with Crippen molar-refractivity contribution in [3.8, 4) is 5.75 Å². The van der Waals surface area contributed by atoms with Crippen LogP contribution in [0.3, 0.4) is 0 Å². The fourth-order valence-electron chi connectivity index (χ4n) is 5.16. The highest BCUT2D eigenvalue weighted by atomic mass is 16.3. The minimum absolute atomic E-state index is 0.130. The summed E-state index contributed by atoms with van der Waals surface area (Å²) in [5, 5.41) is 9.63. The van der Waals surface area contributed by atoms with E-state index in [0.717, 1.165) is 24.8 Å². The predicted octanol–water partition coefficient (Wildman–Crippen LogP) is 3.46. The van der Waals surface area contributed by atoms with E-state index in [0.29, 0.717) is 41.9 Å². The van der Waals surface area contributed by atoms with E-state index >= 15 is 0 Å². The molecule has 4 rings (SSSR count). The number of phenols is 1. The van der Waals surface area contributed by atoms with Crippen LogP contribution in [0.4, 0.5) is 0 Å². The first-order valence-corrected chi connectivity index (χ1v) is 7.90. The number of carbonyl (C=O) groups excluding carboxylic acids is 2. The lowest BCUT2D eigenvalue weighted by Gasteiger charge is -2.47. The van der Waals surface area contributed by atoms with Gasteiger partial charge in [0.15, 0.2) is 5.78 Å². The average molecular weight is 284 g/mol. The molecule has 0 radical (unpaired) electrons. The Balaban J connectivity index is 1.78. The second-order valence-electron chi connectivity index (χ2n) is 7.19.